The number of ether oxygens (including phenoxy) is 1. The number of carbonyl (C=O) groups excluding carboxylic acids is 1. The number of carbonyl (C=O) groups is 1. The van der Waals surface area contributed by atoms with Crippen molar-refractivity contribution in [3.63, 3.8) is 0 Å². The van der Waals surface area contributed by atoms with E-state index in [1.165, 1.54) is 15.1 Å². The average molecular weight is 508 g/mol. The molecule has 5 rings (SSSR count). The van der Waals surface area contributed by atoms with E-state index in [4.69, 9.17) is 21.9 Å². The van der Waals surface area contributed by atoms with Gasteiger partial charge in [0.15, 0.2) is 5.11 Å². The Morgan fingerprint density at radius 2 is 1.88 bits per heavy atom. The van der Waals surface area contributed by atoms with Gasteiger partial charge in [-0.25, -0.2) is 9.78 Å². The Morgan fingerprint density at radius 1 is 1.09 bits per heavy atom. The monoisotopic (exact) mass is 507 g/mol. The molecule has 2 aromatic heterocycles. The predicted octanol–water partition coefficient (Wildman–Crippen LogP) is 7.20. The van der Waals surface area contributed by atoms with Gasteiger partial charge in [-0.05, 0) is 99.3 Å². The van der Waals surface area contributed by atoms with Crippen LogP contribution < -0.4 is 10.6 Å². The zero-order valence-corrected chi connectivity index (χ0v) is 21.5. The number of aryl methyl sites for hydroxylation is 2. The minimum atomic E-state index is -0.275. The highest BCUT2D eigenvalue weighted by Crippen LogP contribution is 2.39. The van der Waals surface area contributed by atoms with Crippen LogP contribution in [0.3, 0.4) is 0 Å². The molecule has 2 heterocycles. The highest BCUT2D eigenvalue weighted by atomic mass is 32.1. The molecule has 0 saturated heterocycles. The van der Waals surface area contributed by atoms with Gasteiger partial charge in [-0.2, -0.15) is 0 Å². The van der Waals surface area contributed by atoms with Crippen molar-refractivity contribution in [3.05, 3.63) is 64.0 Å². The fourth-order valence-corrected chi connectivity index (χ4v) is 6.83. The first kappa shape index (κ1) is 23.0. The molecule has 8 heteroatoms. The smallest absolute Gasteiger partial charge is 0.341 e. The van der Waals surface area contributed by atoms with Crippen molar-refractivity contribution < 1.29 is 9.53 Å². The number of nitrogens with zero attached hydrogens (tertiary/aromatic N) is 1. The molecule has 34 heavy (non-hydrogen) atoms. The number of esters is 1. The van der Waals surface area contributed by atoms with Crippen LogP contribution in [0.2, 0.25) is 0 Å². The molecule has 0 unspecified atom stereocenters. The first-order valence-electron chi connectivity index (χ1n) is 11.4. The van der Waals surface area contributed by atoms with Gasteiger partial charge in [-0.15, -0.1) is 22.7 Å². The lowest BCUT2D eigenvalue weighted by Gasteiger charge is -2.13. The lowest BCUT2D eigenvalue weighted by Crippen LogP contribution is -2.20. The van der Waals surface area contributed by atoms with Gasteiger partial charge in [0, 0.05) is 16.1 Å². The maximum absolute atomic E-state index is 12.7. The molecule has 2 aromatic carbocycles. The van der Waals surface area contributed by atoms with Crippen molar-refractivity contribution >= 4 is 66.9 Å². The highest BCUT2D eigenvalue weighted by Gasteiger charge is 2.26. The van der Waals surface area contributed by atoms with E-state index in [0.29, 0.717) is 17.3 Å². The first-order valence-corrected chi connectivity index (χ1v) is 13.4. The number of thiazole rings is 1. The third kappa shape index (κ3) is 4.71. The van der Waals surface area contributed by atoms with Crippen molar-refractivity contribution in [1.29, 1.82) is 0 Å². The number of hydrogen-bond acceptors (Lipinski definition) is 6. The molecule has 1 aliphatic carbocycles. The van der Waals surface area contributed by atoms with Crippen molar-refractivity contribution in [2.75, 3.05) is 17.2 Å². The first-order chi connectivity index (χ1) is 16.5. The average Bonchev–Trinajstić information content (AvgIpc) is 3.40. The number of fused-ring (bicyclic) bond motifs is 2. The number of rotatable bonds is 5. The lowest BCUT2D eigenvalue weighted by atomic mass is 9.95. The molecule has 0 aliphatic heterocycles. The molecule has 2 N–H and O–H groups in total. The van der Waals surface area contributed by atoms with Crippen molar-refractivity contribution in [2.24, 2.45) is 0 Å². The number of thiocarbonyl (C=S) groups is 1. The van der Waals surface area contributed by atoms with Gasteiger partial charge >= 0.3 is 5.97 Å². The molecule has 0 atom stereocenters. The molecular formula is C26H25N3O2S3. The second kappa shape index (κ2) is 9.82. The summed E-state index contributed by atoms with van der Waals surface area (Å²) >= 11 is 8.88. The van der Waals surface area contributed by atoms with E-state index in [1.807, 2.05) is 31.2 Å². The second-order valence-corrected chi connectivity index (χ2v) is 10.8. The molecule has 0 bridgehead atoms. The minimum Gasteiger partial charge on any atom is -0.462 e. The number of thiophene rings is 1. The van der Waals surface area contributed by atoms with Crippen molar-refractivity contribution in [1.82, 2.24) is 4.98 Å². The van der Waals surface area contributed by atoms with Gasteiger partial charge < -0.3 is 15.4 Å². The Bertz CT molecular complexity index is 1370. The molecule has 174 valence electrons. The number of nitrogens with one attached hydrogen (secondary N) is 2. The van der Waals surface area contributed by atoms with E-state index in [9.17, 15) is 4.79 Å². The number of hydrogen-bond donors (Lipinski definition) is 2. The van der Waals surface area contributed by atoms with E-state index in [1.54, 1.807) is 22.7 Å². The SMILES string of the molecule is CCOC(=O)c1c(NC(=S)Nc2ccc(-c3nc4ccc(C)cc4s3)cc2)sc2c1CCCC2. The molecule has 0 fully saturated rings. The molecular weight excluding hydrogens is 483 g/mol. The van der Waals surface area contributed by atoms with Gasteiger partial charge in [-0.3, -0.25) is 0 Å². The lowest BCUT2D eigenvalue weighted by molar-refractivity contribution is 0.0526. The van der Waals surface area contributed by atoms with Crippen LogP contribution in [0.15, 0.2) is 42.5 Å². The summed E-state index contributed by atoms with van der Waals surface area (Å²) in [6.07, 6.45) is 4.16. The highest BCUT2D eigenvalue weighted by molar-refractivity contribution is 7.80. The number of anilines is 2. The molecule has 0 radical (unpaired) electrons. The zero-order chi connectivity index (χ0) is 23.7. The van der Waals surface area contributed by atoms with Gasteiger partial charge in [0.05, 0.1) is 22.4 Å². The maximum Gasteiger partial charge on any atom is 0.341 e. The quantitative estimate of drug-likeness (QED) is 0.220. The summed E-state index contributed by atoms with van der Waals surface area (Å²) in [5, 5.41) is 8.71. The fraction of sp³-hybridized carbons (Fsp3) is 0.269. The standard InChI is InChI=1S/C26H25N3O2S3/c1-3-31-25(30)22-18-6-4-5-7-20(18)33-24(22)29-26(32)27-17-11-9-16(10-12-17)23-28-19-13-8-15(2)14-21(19)34-23/h8-14H,3-7H2,1-2H3,(H2,27,29,32). The maximum atomic E-state index is 12.7. The predicted molar refractivity (Wildman–Crippen MR) is 147 cm³/mol. The Morgan fingerprint density at radius 3 is 2.68 bits per heavy atom. The molecule has 1 aliphatic rings. The summed E-state index contributed by atoms with van der Waals surface area (Å²) in [7, 11) is 0. The van der Waals surface area contributed by atoms with Crippen LogP contribution in [0.4, 0.5) is 10.7 Å². The second-order valence-electron chi connectivity index (χ2n) is 8.28. The van der Waals surface area contributed by atoms with Gasteiger partial charge in [0.1, 0.15) is 10.0 Å². The molecule has 0 spiro atoms. The summed E-state index contributed by atoms with van der Waals surface area (Å²) in [5.41, 5.74) is 5.97. The van der Waals surface area contributed by atoms with E-state index < -0.39 is 0 Å². The van der Waals surface area contributed by atoms with Crippen molar-refractivity contribution in [2.45, 2.75) is 39.5 Å². The number of aromatic nitrogens is 1. The Kier molecular flexibility index (Phi) is 6.63. The summed E-state index contributed by atoms with van der Waals surface area (Å²) in [5.74, 6) is -0.275. The minimum absolute atomic E-state index is 0.275. The van der Waals surface area contributed by atoms with Crippen LogP contribution in [0.1, 0.15) is 46.1 Å². The van der Waals surface area contributed by atoms with Gasteiger partial charge in [0.25, 0.3) is 0 Å². The Labute approximate surface area is 212 Å². The van der Waals surface area contributed by atoms with E-state index in [2.05, 4.69) is 35.8 Å². The summed E-state index contributed by atoms with van der Waals surface area (Å²) in [6, 6.07) is 14.4. The number of benzene rings is 2. The fourth-order valence-electron chi connectivity index (χ4n) is 4.19. The Hall–Kier alpha value is -2.81. The molecule has 0 amide bonds. The van der Waals surface area contributed by atoms with Crippen LogP contribution in [0, 0.1) is 6.92 Å². The van der Waals surface area contributed by atoms with E-state index in [0.717, 1.165) is 58.0 Å². The van der Waals surface area contributed by atoms with Crippen LogP contribution in [0.5, 0.6) is 0 Å². The molecule has 5 nitrogen and oxygen atoms in total. The third-order valence-corrected chi connectivity index (χ3v) is 8.29. The summed E-state index contributed by atoms with van der Waals surface area (Å²) in [4.78, 5) is 18.7. The van der Waals surface area contributed by atoms with E-state index >= 15 is 0 Å². The normalized spacial score (nSPS) is 12.9. The molecule has 4 aromatic rings. The van der Waals surface area contributed by atoms with Crippen LogP contribution >= 0.6 is 34.9 Å². The van der Waals surface area contributed by atoms with Crippen LogP contribution in [0.25, 0.3) is 20.8 Å². The van der Waals surface area contributed by atoms with Crippen LogP contribution in [-0.4, -0.2) is 22.7 Å². The largest absolute Gasteiger partial charge is 0.462 e. The van der Waals surface area contributed by atoms with Crippen LogP contribution in [-0.2, 0) is 17.6 Å². The van der Waals surface area contributed by atoms with E-state index in [-0.39, 0.29) is 5.97 Å². The van der Waals surface area contributed by atoms with Crippen molar-refractivity contribution in [3.8, 4) is 10.6 Å². The molecule has 0 saturated carbocycles. The summed E-state index contributed by atoms with van der Waals surface area (Å²) in [6.45, 7) is 4.28. The Balaban J connectivity index is 1.31. The zero-order valence-electron chi connectivity index (χ0n) is 19.1. The third-order valence-electron chi connectivity index (χ3n) is 5.81. The summed E-state index contributed by atoms with van der Waals surface area (Å²) < 4.78 is 6.53. The van der Waals surface area contributed by atoms with Gasteiger partial charge in [0.2, 0.25) is 0 Å². The topological polar surface area (TPSA) is 63.2 Å². The van der Waals surface area contributed by atoms with Gasteiger partial charge in [-0.1, -0.05) is 6.07 Å².